The van der Waals surface area contributed by atoms with Crippen molar-refractivity contribution in [2.24, 2.45) is 18.4 Å². The van der Waals surface area contributed by atoms with Crippen LogP contribution in [0.2, 0.25) is 0 Å². The van der Waals surface area contributed by atoms with E-state index in [-0.39, 0.29) is 16.7 Å². The van der Waals surface area contributed by atoms with Gasteiger partial charge in [0.25, 0.3) is 0 Å². The van der Waals surface area contributed by atoms with E-state index in [4.69, 9.17) is 5.10 Å². The Kier molecular flexibility index (Phi) is 7.50. The van der Waals surface area contributed by atoms with Crippen molar-refractivity contribution in [2.75, 3.05) is 22.4 Å². The lowest BCUT2D eigenvalue weighted by Crippen LogP contribution is -2.36. The molecular weight excluding hydrogens is 527 g/mol. The zero-order chi connectivity index (χ0) is 28.8. The number of aryl methyl sites for hydroxylation is 2. The van der Waals surface area contributed by atoms with E-state index in [1.165, 1.54) is 48.2 Å². The lowest BCUT2D eigenvalue weighted by atomic mass is 9.80. The van der Waals surface area contributed by atoms with Crippen molar-refractivity contribution in [3.8, 4) is 11.1 Å². The topological polar surface area (TPSA) is 33.1 Å². The molecule has 3 aliphatic rings. The molecule has 0 amide bonds. The van der Waals surface area contributed by atoms with Gasteiger partial charge in [-0.3, -0.25) is 4.68 Å². The highest BCUT2D eigenvalue weighted by atomic mass is 32.2. The maximum atomic E-state index is 15.4. The molecular formula is C35H45FN4S. The molecule has 1 aromatic heterocycles. The zero-order valence-corrected chi connectivity index (χ0v) is 26.0. The summed E-state index contributed by atoms with van der Waals surface area (Å²) in [5.41, 5.74) is 7.45. The van der Waals surface area contributed by atoms with Crippen molar-refractivity contribution < 1.29 is 4.39 Å². The number of nitrogens with one attached hydrogen (secondary N) is 1. The van der Waals surface area contributed by atoms with Gasteiger partial charge in [0.05, 0.1) is 5.69 Å². The van der Waals surface area contributed by atoms with Crippen LogP contribution in [0, 0.1) is 11.3 Å². The number of anilines is 2. The van der Waals surface area contributed by atoms with E-state index < -0.39 is 5.67 Å². The second-order valence-corrected chi connectivity index (χ2v) is 13.6. The Morgan fingerprint density at radius 2 is 1.85 bits per heavy atom. The summed E-state index contributed by atoms with van der Waals surface area (Å²) in [7, 11) is 2.10. The van der Waals surface area contributed by atoms with Gasteiger partial charge >= 0.3 is 0 Å². The van der Waals surface area contributed by atoms with Crippen molar-refractivity contribution >= 4 is 23.3 Å². The van der Waals surface area contributed by atoms with Crippen molar-refractivity contribution in [3.63, 3.8) is 0 Å². The Labute approximate surface area is 249 Å². The van der Waals surface area contributed by atoms with Crippen molar-refractivity contribution in [3.05, 3.63) is 78.3 Å². The maximum absolute atomic E-state index is 15.4. The van der Waals surface area contributed by atoms with Gasteiger partial charge < -0.3 is 9.62 Å². The molecule has 3 aromatic rings. The number of benzene rings is 2. The van der Waals surface area contributed by atoms with Crippen LogP contribution in [-0.4, -0.2) is 28.2 Å². The molecule has 0 spiro atoms. The fourth-order valence-corrected chi connectivity index (χ4v) is 8.19. The Morgan fingerprint density at radius 3 is 2.51 bits per heavy atom. The van der Waals surface area contributed by atoms with Crippen LogP contribution in [0.25, 0.3) is 11.1 Å². The number of halogens is 1. The molecule has 0 aliphatic heterocycles. The number of aromatic nitrogens is 2. The van der Waals surface area contributed by atoms with Gasteiger partial charge in [0.2, 0.25) is 0 Å². The third-order valence-electron chi connectivity index (χ3n) is 10.4. The third kappa shape index (κ3) is 5.22. The fourth-order valence-electron chi connectivity index (χ4n) is 7.82. The van der Waals surface area contributed by atoms with Gasteiger partial charge in [-0.25, -0.2) is 4.39 Å². The minimum absolute atomic E-state index is 0.0931. The molecule has 0 saturated heterocycles. The fraction of sp³-hybridized carbons (Fsp3) is 0.514. The lowest BCUT2D eigenvalue weighted by molar-refractivity contribution is 0.274. The van der Waals surface area contributed by atoms with Crippen LogP contribution in [0.1, 0.15) is 76.6 Å². The number of nitrogens with zero attached hydrogens (tertiary/aromatic N) is 3. The largest absolute Gasteiger partial charge is 0.345 e. The molecule has 41 heavy (non-hydrogen) atoms. The van der Waals surface area contributed by atoms with E-state index in [1.807, 2.05) is 13.2 Å². The normalized spacial score (nSPS) is 28.2. The summed E-state index contributed by atoms with van der Waals surface area (Å²) < 4.78 is 20.8. The molecule has 1 heterocycles. The van der Waals surface area contributed by atoms with Gasteiger partial charge in [-0.1, -0.05) is 63.1 Å². The van der Waals surface area contributed by atoms with Crippen molar-refractivity contribution in [1.29, 1.82) is 0 Å². The predicted molar refractivity (Wildman–Crippen MR) is 172 cm³/mol. The Bertz CT molecular complexity index is 1400. The Balaban J connectivity index is 1.29. The van der Waals surface area contributed by atoms with Gasteiger partial charge in [0.15, 0.2) is 0 Å². The number of allylic oxidation sites excluding steroid dienone is 1. The summed E-state index contributed by atoms with van der Waals surface area (Å²) in [5, 5.41) is 5.05. The minimum atomic E-state index is -1.11. The molecule has 6 heteroatoms. The molecule has 218 valence electrons. The van der Waals surface area contributed by atoms with E-state index in [0.29, 0.717) is 12.8 Å². The first-order valence-corrected chi connectivity index (χ1v) is 16.6. The molecule has 0 radical (unpaired) electrons. The molecule has 2 atom stereocenters. The number of fused-ring (bicyclic) bond motifs is 2. The number of hydrogen-bond acceptors (Lipinski definition) is 4. The quantitative estimate of drug-likeness (QED) is 0.220. The molecule has 4 nitrogen and oxygen atoms in total. The van der Waals surface area contributed by atoms with Gasteiger partial charge in [-0.05, 0) is 98.2 Å². The van der Waals surface area contributed by atoms with E-state index in [1.54, 1.807) is 11.9 Å². The van der Waals surface area contributed by atoms with E-state index in [0.717, 1.165) is 42.9 Å². The van der Waals surface area contributed by atoms with Crippen LogP contribution in [0.3, 0.4) is 0 Å². The second kappa shape index (κ2) is 10.8. The summed E-state index contributed by atoms with van der Waals surface area (Å²) in [6, 6.07) is 19.7. The van der Waals surface area contributed by atoms with Crippen LogP contribution < -0.4 is 9.62 Å². The highest BCUT2D eigenvalue weighted by Crippen LogP contribution is 2.63. The molecule has 2 unspecified atom stereocenters. The first-order chi connectivity index (χ1) is 19.7. The van der Waals surface area contributed by atoms with E-state index >= 15 is 4.39 Å². The molecule has 3 saturated carbocycles. The molecule has 2 aromatic carbocycles. The molecule has 3 aliphatic carbocycles. The predicted octanol–water partition coefficient (Wildman–Crippen LogP) is 9.09. The summed E-state index contributed by atoms with van der Waals surface area (Å²) in [5.74, 6) is -0.0931. The maximum Gasteiger partial charge on any atom is 0.119 e. The Hall–Kier alpha value is -2.73. The minimum Gasteiger partial charge on any atom is -0.345 e. The molecule has 2 bridgehead atoms. The highest BCUT2D eigenvalue weighted by molar-refractivity contribution is 7.99. The highest BCUT2D eigenvalue weighted by Gasteiger charge is 2.59. The van der Waals surface area contributed by atoms with E-state index in [9.17, 15) is 0 Å². The van der Waals surface area contributed by atoms with Gasteiger partial charge in [0.1, 0.15) is 5.67 Å². The summed E-state index contributed by atoms with van der Waals surface area (Å²) in [6.07, 6.45) is 11.3. The first kappa shape index (κ1) is 28.4. The Morgan fingerprint density at radius 1 is 1.10 bits per heavy atom. The van der Waals surface area contributed by atoms with Gasteiger partial charge in [-0.15, -0.1) is 0 Å². The monoisotopic (exact) mass is 572 g/mol. The smallest absolute Gasteiger partial charge is 0.119 e. The van der Waals surface area contributed by atoms with Crippen LogP contribution in [-0.2, 0) is 18.9 Å². The lowest BCUT2D eigenvalue weighted by Gasteiger charge is -2.37. The molecule has 3 fully saturated rings. The summed E-state index contributed by atoms with van der Waals surface area (Å²) in [6.45, 7) is 9.67. The van der Waals surface area contributed by atoms with Gasteiger partial charge in [-0.2, -0.15) is 5.10 Å². The van der Waals surface area contributed by atoms with Crippen LogP contribution >= 0.6 is 11.9 Å². The average molecular weight is 573 g/mol. The van der Waals surface area contributed by atoms with Crippen molar-refractivity contribution in [1.82, 2.24) is 9.78 Å². The SMILES string of the molecule is C=C(C1CC1(F)CC)N(CC12CCC(c3cc(CCC)n(C)n3)(CC1)C2)c1cccc(-c2ccc(NSC)cc2)c1. The summed E-state index contributed by atoms with van der Waals surface area (Å²) in [4.78, 5) is 2.40. The van der Waals surface area contributed by atoms with E-state index in [2.05, 4.69) is 89.5 Å². The standard InChI is InChI=1S/C35H45FN4S/c1-6-9-29-21-32(37-39(29)4)34-18-16-33(23-34,17-19-34)24-40(25(3)31-22-35(31,36)7-2)30-11-8-10-27(20-30)26-12-14-28(15-13-26)38-41-5/h8,10-15,20-21,31,38H,3,6-7,9,16-19,22-24H2,1-2,4-5H3. The third-order valence-corrected chi connectivity index (χ3v) is 10.9. The second-order valence-electron chi connectivity index (χ2n) is 13.0. The number of alkyl halides is 1. The van der Waals surface area contributed by atoms with Crippen LogP contribution in [0.4, 0.5) is 15.8 Å². The van der Waals surface area contributed by atoms with Gasteiger partial charge in [0, 0.05) is 53.9 Å². The average Bonchev–Trinajstić information content (AvgIpc) is 3.25. The number of rotatable bonds is 12. The summed E-state index contributed by atoms with van der Waals surface area (Å²) >= 11 is 1.60. The number of hydrogen-bond donors (Lipinski definition) is 1. The molecule has 6 rings (SSSR count). The van der Waals surface area contributed by atoms with Crippen LogP contribution in [0.15, 0.2) is 66.9 Å². The first-order valence-electron chi connectivity index (χ1n) is 15.4. The van der Waals surface area contributed by atoms with Crippen molar-refractivity contribution in [2.45, 2.75) is 82.7 Å². The molecule has 1 N–H and O–H groups in total. The van der Waals surface area contributed by atoms with Crippen LogP contribution in [0.5, 0.6) is 0 Å². The zero-order valence-electron chi connectivity index (χ0n) is 25.2.